The highest BCUT2D eigenvalue weighted by molar-refractivity contribution is 8.00. The van der Waals surface area contributed by atoms with E-state index in [1.54, 1.807) is 0 Å². The van der Waals surface area contributed by atoms with Crippen LogP contribution in [0.25, 0.3) is 0 Å². The molecule has 0 aromatic carbocycles. The monoisotopic (exact) mass is 267 g/mol. The second-order valence-electron chi connectivity index (χ2n) is 4.46. The van der Waals surface area contributed by atoms with Gasteiger partial charge in [0.2, 0.25) is 0 Å². The molecule has 0 spiro atoms. The number of rotatable bonds is 6. The van der Waals surface area contributed by atoms with E-state index in [1.165, 1.54) is 18.6 Å². The highest BCUT2D eigenvalue weighted by Gasteiger charge is 2.15. The van der Waals surface area contributed by atoms with Crippen LogP contribution in [0.1, 0.15) is 32.0 Å². The first-order chi connectivity index (χ1) is 8.81. The van der Waals surface area contributed by atoms with Crippen LogP contribution in [0, 0.1) is 0 Å². The Kier molecular flexibility index (Phi) is 5.07. The Morgan fingerprint density at radius 2 is 2.28 bits per heavy atom. The van der Waals surface area contributed by atoms with Crippen molar-refractivity contribution in [3.8, 4) is 0 Å². The normalized spacial score (nSPS) is 18.9. The molecule has 0 radical (unpaired) electrons. The molecule has 2 rings (SSSR count). The second kappa shape index (κ2) is 6.80. The Morgan fingerprint density at radius 1 is 1.44 bits per heavy atom. The maximum Gasteiger partial charge on any atom is 0.145 e. The molecule has 1 unspecified atom stereocenters. The lowest BCUT2D eigenvalue weighted by atomic mass is 10.2. The average molecular weight is 267 g/mol. The highest BCUT2D eigenvalue weighted by atomic mass is 32.2. The zero-order chi connectivity index (χ0) is 12.8. The minimum Gasteiger partial charge on any atom is -0.369 e. The van der Waals surface area contributed by atoms with Gasteiger partial charge in [0.05, 0.1) is 0 Å². The van der Waals surface area contributed by atoms with Crippen LogP contribution < -0.4 is 16.6 Å². The summed E-state index contributed by atoms with van der Waals surface area (Å²) in [4.78, 5) is 8.83. The zero-order valence-corrected chi connectivity index (χ0v) is 11.6. The molecule has 6 heteroatoms. The lowest BCUT2D eigenvalue weighted by Crippen LogP contribution is -2.16. The SMILES string of the molecule is CCCc1nc(NN)cc(NCC2CCCS2)n1. The fraction of sp³-hybridized carbons (Fsp3) is 0.667. The largest absolute Gasteiger partial charge is 0.369 e. The number of hydrogen-bond donors (Lipinski definition) is 3. The fourth-order valence-electron chi connectivity index (χ4n) is 2.02. The van der Waals surface area contributed by atoms with Gasteiger partial charge in [0.25, 0.3) is 0 Å². The minimum atomic E-state index is 0.676. The molecule has 0 amide bonds. The Morgan fingerprint density at radius 3 is 2.94 bits per heavy atom. The summed E-state index contributed by atoms with van der Waals surface area (Å²) in [7, 11) is 0. The number of hydrazine groups is 1. The quantitative estimate of drug-likeness (QED) is 0.541. The molecular formula is C12H21N5S. The van der Waals surface area contributed by atoms with Crippen molar-refractivity contribution in [2.75, 3.05) is 23.0 Å². The Hall–Kier alpha value is -1.01. The van der Waals surface area contributed by atoms with Crippen LogP contribution in [-0.2, 0) is 6.42 Å². The van der Waals surface area contributed by atoms with Gasteiger partial charge in [-0.25, -0.2) is 15.8 Å². The van der Waals surface area contributed by atoms with E-state index in [1.807, 2.05) is 17.8 Å². The van der Waals surface area contributed by atoms with E-state index in [-0.39, 0.29) is 0 Å². The zero-order valence-electron chi connectivity index (χ0n) is 10.8. The van der Waals surface area contributed by atoms with E-state index in [2.05, 4.69) is 27.6 Å². The lowest BCUT2D eigenvalue weighted by Gasteiger charge is -2.12. The first kappa shape index (κ1) is 13.4. The molecule has 1 aromatic heterocycles. The predicted molar refractivity (Wildman–Crippen MR) is 77.8 cm³/mol. The lowest BCUT2D eigenvalue weighted by molar-refractivity contribution is 0.797. The summed E-state index contributed by atoms with van der Waals surface area (Å²) in [6, 6.07) is 1.86. The molecule has 4 N–H and O–H groups in total. The number of aromatic nitrogens is 2. The molecule has 1 saturated heterocycles. The molecule has 1 atom stereocenters. The number of nitrogens with zero attached hydrogens (tertiary/aromatic N) is 2. The van der Waals surface area contributed by atoms with E-state index >= 15 is 0 Å². The number of nitrogens with two attached hydrogens (primary N) is 1. The van der Waals surface area contributed by atoms with Gasteiger partial charge in [-0.2, -0.15) is 11.8 Å². The van der Waals surface area contributed by atoms with E-state index in [4.69, 9.17) is 5.84 Å². The van der Waals surface area contributed by atoms with Crippen molar-refractivity contribution in [3.05, 3.63) is 11.9 Å². The molecule has 18 heavy (non-hydrogen) atoms. The van der Waals surface area contributed by atoms with Crippen LogP contribution >= 0.6 is 11.8 Å². The van der Waals surface area contributed by atoms with Crippen LogP contribution in [0.3, 0.4) is 0 Å². The van der Waals surface area contributed by atoms with E-state index in [0.717, 1.165) is 31.0 Å². The van der Waals surface area contributed by atoms with Gasteiger partial charge in [0.1, 0.15) is 17.5 Å². The van der Waals surface area contributed by atoms with Crippen molar-refractivity contribution < 1.29 is 0 Å². The van der Waals surface area contributed by atoms with Crippen LogP contribution in [0.5, 0.6) is 0 Å². The smallest absolute Gasteiger partial charge is 0.145 e. The van der Waals surface area contributed by atoms with E-state index in [0.29, 0.717) is 11.1 Å². The number of anilines is 2. The number of hydrogen-bond acceptors (Lipinski definition) is 6. The van der Waals surface area contributed by atoms with E-state index < -0.39 is 0 Å². The van der Waals surface area contributed by atoms with Crippen molar-refractivity contribution in [2.45, 2.75) is 37.9 Å². The molecule has 1 aliphatic rings. The van der Waals surface area contributed by atoms with Crippen LogP contribution in [0.4, 0.5) is 11.6 Å². The standard InChI is InChI=1S/C12H21N5S/c1-2-4-10-15-11(7-12(16-10)17-13)14-8-9-5-3-6-18-9/h7,9H,2-6,8,13H2,1H3,(H2,14,15,16,17). The Bertz CT molecular complexity index is 379. The number of aryl methyl sites for hydroxylation is 1. The maximum absolute atomic E-state index is 5.43. The van der Waals surface area contributed by atoms with Crippen molar-refractivity contribution >= 4 is 23.4 Å². The molecule has 2 heterocycles. The van der Waals surface area contributed by atoms with Gasteiger partial charge < -0.3 is 10.7 Å². The van der Waals surface area contributed by atoms with Gasteiger partial charge in [-0.15, -0.1) is 0 Å². The van der Waals surface area contributed by atoms with Crippen molar-refractivity contribution in [1.82, 2.24) is 9.97 Å². The summed E-state index contributed by atoms with van der Waals surface area (Å²) >= 11 is 2.04. The molecule has 1 aliphatic heterocycles. The number of thioether (sulfide) groups is 1. The molecule has 0 saturated carbocycles. The Labute approximate surface area is 112 Å². The van der Waals surface area contributed by atoms with Crippen molar-refractivity contribution in [1.29, 1.82) is 0 Å². The van der Waals surface area contributed by atoms with Crippen LogP contribution in [-0.4, -0.2) is 27.5 Å². The predicted octanol–water partition coefficient (Wildman–Crippen LogP) is 2.02. The van der Waals surface area contributed by atoms with Gasteiger partial charge >= 0.3 is 0 Å². The first-order valence-electron chi connectivity index (χ1n) is 6.52. The number of nitrogens with one attached hydrogen (secondary N) is 2. The third-order valence-corrected chi connectivity index (χ3v) is 4.33. The summed E-state index contributed by atoms with van der Waals surface area (Å²) in [6.45, 7) is 3.09. The van der Waals surface area contributed by atoms with Crippen LogP contribution in [0.2, 0.25) is 0 Å². The molecular weight excluding hydrogens is 246 g/mol. The summed E-state index contributed by atoms with van der Waals surface area (Å²) in [5.74, 6) is 9.10. The first-order valence-corrected chi connectivity index (χ1v) is 7.56. The molecule has 5 nitrogen and oxygen atoms in total. The summed E-state index contributed by atoms with van der Waals surface area (Å²) < 4.78 is 0. The second-order valence-corrected chi connectivity index (χ2v) is 5.87. The molecule has 100 valence electrons. The van der Waals surface area contributed by atoms with Crippen LogP contribution in [0.15, 0.2) is 6.07 Å². The maximum atomic E-state index is 5.43. The topological polar surface area (TPSA) is 75.9 Å². The third-order valence-electron chi connectivity index (χ3n) is 2.93. The molecule has 0 aliphatic carbocycles. The Balaban J connectivity index is 1.98. The summed E-state index contributed by atoms with van der Waals surface area (Å²) in [5, 5.41) is 4.10. The van der Waals surface area contributed by atoms with E-state index in [9.17, 15) is 0 Å². The van der Waals surface area contributed by atoms with Gasteiger partial charge in [-0.05, 0) is 25.0 Å². The molecule has 0 bridgehead atoms. The van der Waals surface area contributed by atoms with Gasteiger partial charge in [-0.1, -0.05) is 6.92 Å². The van der Waals surface area contributed by atoms with Crippen molar-refractivity contribution in [3.63, 3.8) is 0 Å². The molecule has 1 fully saturated rings. The van der Waals surface area contributed by atoms with Gasteiger partial charge in [0.15, 0.2) is 0 Å². The third kappa shape index (κ3) is 3.74. The summed E-state index contributed by atoms with van der Waals surface area (Å²) in [6.07, 6.45) is 4.54. The van der Waals surface area contributed by atoms with Gasteiger partial charge in [0, 0.05) is 24.3 Å². The minimum absolute atomic E-state index is 0.676. The number of nitrogen functional groups attached to an aromatic ring is 1. The van der Waals surface area contributed by atoms with Gasteiger partial charge in [-0.3, -0.25) is 0 Å². The molecule has 1 aromatic rings. The highest BCUT2D eigenvalue weighted by Crippen LogP contribution is 2.26. The fourth-order valence-corrected chi connectivity index (χ4v) is 3.22. The summed E-state index contributed by atoms with van der Waals surface area (Å²) in [5.41, 5.74) is 2.60. The van der Waals surface area contributed by atoms with Crippen molar-refractivity contribution in [2.24, 2.45) is 5.84 Å². The average Bonchev–Trinajstić information content (AvgIpc) is 2.89.